The molecule has 0 amide bonds. The lowest BCUT2D eigenvalue weighted by atomic mass is 10.1. The first-order valence-corrected chi connectivity index (χ1v) is 13.3. The number of pyridine rings is 1. The quantitative estimate of drug-likeness (QED) is 0.362. The second kappa shape index (κ2) is 10.7. The first-order valence-electron chi connectivity index (χ1n) is 13.3. The van der Waals surface area contributed by atoms with Gasteiger partial charge in [0.2, 0.25) is 0 Å². The number of piperazine rings is 1. The van der Waals surface area contributed by atoms with Gasteiger partial charge in [0.05, 0.1) is 28.4 Å². The van der Waals surface area contributed by atoms with Crippen molar-refractivity contribution in [3.8, 4) is 6.07 Å². The van der Waals surface area contributed by atoms with Crippen molar-refractivity contribution in [2.75, 3.05) is 34.8 Å². The summed E-state index contributed by atoms with van der Waals surface area (Å²) in [7, 11) is 0. The number of rotatable bonds is 6. The van der Waals surface area contributed by atoms with E-state index in [9.17, 15) is 20.0 Å². The molecule has 0 saturated carbocycles. The van der Waals surface area contributed by atoms with Crippen molar-refractivity contribution in [1.29, 1.82) is 5.26 Å². The Morgan fingerprint density at radius 2 is 1.88 bits per heavy atom. The number of carboxylic acids is 1. The molecule has 2 aromatic heterocycles. The first kappa shape index (κ1) is 26.8. The number of carbonyl (C=O) groups is 1. The maximum absolute atomic E-state index is 13.6. The zero-order valence-electron chi connectivity index (χ0n) is 23.0. The number of benzene rings is 2. The van der Waals surface area contributed by atoms with Crippen LogP contribution in [0.2, 0.25) is 0 Å². The van der Waals surface area contributed by atoms with E-state index in [0.29, 0.717) is 47.9 Å². The molecule has 40 heavy (non-hydrogen) atoms. The van der Waals surface area contributed by atoms with Crippen LogP contribution >= 0.6 is 0 Å². The summed E-state index contributed by atoms with van der Waals surface area (Å²) in [4.78, 5) is 34.9. The number of carboxylic acid groups (broad SMARTS) is 1. The Labute approximate surface area is 232 Å². The highest BCUT2D eigenvalue weighted by Crippen LogP contribution is 2.29. The van der Waals surface area contributed by atoms with E-state index in [4.69, 9.17) is 4.98 Å². The van der Waals surface area contributed by atoms with Gasteiger partial charge in [-0.2, -0.15) is 5.26 Å². The molecule has 0 spiro atoms. The van der Waals surface area contributed by atoms with Crippen LogP contribution in [0.15, 0.2) is 65.6 Å². The average molecular weight is 537 g/mol. The number of hydrogen-bond donors (Lipinski definition) is 2. The number of hydrogen-bond acceptors (Lipinski definition) is 7. The largest absolute Gasteiger partial charge is 0.478 e. The van der Waals surface area contributed by atoms with Crippen molar-refractivity contribution in [1.82, 2.24) is 9.38 Å². The molecule has 0 aliphatic carbocycles. The van der Waals surface area contributed by atoms with Gasteiger partial charge in [0, 0.05) is 43.1 Å². The normalized spacial score (nSPS) is 16.0. The summed E-state index contributed by atoms with van der Waals surface area (Å²) < 4.78 is 1.59. The van der Waals surface area contributed by atoms with Gasteiger partial charge in [-0.15, -0.1) is 0 Å². The predicted molar refractivity (Wildman–Crippen MR) is 157 cm³/mol. The van der Waals surface area contributed by atoms with E-state index in [-0.39, 0.29) is 23.2 Å². The number of aromatic nitrogens is 2. The molecule has 0 radical (unpaired) electrons. The third-order valence-electron chi connectivity index (χ3n) is 7.55. The molecule has 4 aromatic rings. The molecule has 1 saturated heterocycles. The van der Waals surface area contributed by atoms with Crippen LogP contribution in [0.5, 0.6) is 0 Å². The minimum absolute atomic E-state index is 0.0421. The van der Waals surface area contributed by atoms with Gasteiger partial charge >= 0.3 is 5.97 Å². The van der Waals surface area contributed by atoms with Crippen molar-refractivity contribution in [3.63, 3.8) is 0 Å². The van der Waals surface area contributed by atoms with E-state index < -0.39 is 5.97 Å². The van der Waals surface area contributed by atoms with Crippen LogP contribution in [0.3, 0.4) is 0 Å². The predicted octanol–water partition coefficient (Wildman–Crippen LogP) is 4.77. The summed E-state index contributed by atoms with van der Waals surface area (Å²) >= 11 is 0. The van der Waals surface area contributed by atoms with Crippen LogP contribution in [0.25, 0.3) is 5.65 Å². The monoisotopic (exact) mass is 536 g/mol. The number of para-hydroxylation sites is 2. The van der Waals surface area contributed by atoms with Crippen LogP contribution in [-0.2, 0) is 0 Å². The van der Waals surface area contributed by atoms with Crippen LogP contribution < -0.4 is 20.7 Å². The number of aryl methyl sites for hydroxylation is 1. The third kappa shape index (κ3) is 4.84. The summed E-state index contributed by atoms with van der Waals surface area (Å²) in [6.45, 7) is 9.80. The van der Waals surface area contributed by atoms with Crippen molar-refractivity contribution in [2.45, 2.75) is 39.8 Å². The molecule has 2 aromatic carbocycles. The SMILES string of the molecule is Cc1cc([C@@H](C)Nc2ccccc2C(=O)O)c2nc(N3CCN(c4ccccc4C#N)C[C@@H]3C)c(C)c(=O)n2c1. The van der Waals surface area contributed by atoms with Crippen molar-refractivity contribution in [3.05, 3.63) is 99.0 Å². The van der Waals surface area contributed by atoms with E-state index >= 15 is 0 Å². The zero-order valence-corrected chi connectivity index (χ0v) is 23.0. The Bertz CT molecular complexity index is 1710. The molecule has 3 heterocycles. The molecule has 1 fully saturated rings. The Balaban J connectivity index is 1.52. The summed E-state index contributed by atoms with van der Waals surface area (Å²) in [5.41, 5.74) is 4.91. The zero-order chi connectivity index (χ0) is 28.6. The van der Waals surface area contributed by atoms with E-state index in [1.54, 1.807) is 34.9 Å². The lowest BCUT2D eigenvalue weighted by Gasteiger charge is -2.42. The van der Waals surface area contributed by atoms with Crippen LogP contribution in [0.1, 0.15) is 52.5 Å². The summed E-state index contributed by atoms with van der Waals surface area (Å²) in [5, 5.41) is 22.5. The molecule has 1 aliphatic heterocycles. The summed E-state index contributed by atoms with van der Waals surface area (Å²) in [6, 6.07) is 18.4. The van der Waals surface area contributed by atoms with Crippen molar-refractivity contribution < 1.29 is 9.90 Å². The Kier molecular flexibility index (Phi) is 7.18. The van der Waals surface area contributed by atoms with Crippen LogP contribution in [-0.4, -0.2) is 46.1 Å². The van der Waals surface area contributed by atoms with E-state index in [1.807, 2.05) is 51.1 Å². The number of nitriles is 1. The van der Waals surface area contributed by atoms with Gasteiger partial charge in [-0.1, -0.05) is 24.3 Å². The van der Waals surface area contributed by atoms with Crippen LogP contribution in [0, 0.1) is 25.2 Å². The highest BCUT2D eigenvalue weighted by Gasteiger charge is 2.29. The fraction of sp³-hybridized carbons (Fsp3) is 0.290. The summed E-state index contributed by atoms with van der Waals surface area (Å²) in [6.07, 6.45) is 1.79. The number of anilines is 3. The molecule has 2 atom stereocenters. The van der Waals surface area contributed by atoms with E-state index in [1.165, 1.54) is 0 Å². The highest BCUT2D eigenvalue weighted by atomic mass is 16.4. The number of fused-ring (bicyclic) bond motifs is 1. The number of nitrogens with one attached hydrogen (secondary N) is 1. The molecule has 0 bridgehead atoms. The smallest absolute Gasteiger partial charge is 0.337 e. The molecule has 9 heteroatoms. The van der Waals surface area contributed by atoms with Crippen LogP contribution in [0.4, 0.5) is 17.2 Å². The molecular weight excluding hydrogens is 504 g/mol. The van der Waals surface area contributed by atoms with Gasteiger partial charge in [-0.05, 0) is 63.6 Å². The Morgan fingerprint density at radius 3 is 2.60 bits per heavy atom. The van der Waals surface area contributed by atoms with Gasteiger partial charge < -0.3 is 20.2 Å². The minimum atomic E-state index is -1.01. The lowest BCUT2D eigenvalue weighted by molar-refractivity contribution is 0.0698. The molecule has 5 rings (SSSR count). The lowest BCUT2D eigenvalue weighted by Crippen LogP contribution is -2.53. The molecule has 0 unspecified atom stereocenters. The van der Waals surface area contributed by atoms with Gasteiger partial charge in [-0.25, -0.2) is 9.78 Å². The standard InChI is InChI=1S/C31H32N6O3/c1-19-15-25(22(4)33-26-11-7-6-10-24(26)31(39)40)29-34-28(21(3)30(38)37(29)17-19)36-14-13-35(18-20(36)2)27-12-8-5-9-23(27)16-32/h5-12,15,17,20,22,33H,13-14,18H2,1-4H3,(H,39,40)/t20-,22+/m0/s1. The highest BCUT2D eigenvalue weighted by molar-refractivity contribution is 5.94. The van der Waals surface area contributed by atoms with E-state index in [0.717, 1.165) is 16.8 Å². The Hall–Kier alpha value is -4.84. The van der Waals surface area contributed by atoms with Gasteiger partial charge in [0.1, 0.15) is 17.5 Å². The number of aromatic carboxylic acids is 1. The second-order valence-corrected chi connectivity index (χ2v) is 10.4. The molecule has 9 nitrogen and oxygen atoms in total. The second-order valence-electron chi connectivity index (χ2n) is 10.4. The average Bonchev–Trinajstić information content (AvgIpc) is 2.95. The maximum Gasteiger partial charge on any atom is 0.337 e. The molecule has 1 aliphatic rings. The van der Waals surface area contributed by atoms with E-state index in [2.05, 4.69) is 28.1 Å². The Morgan fingerprint density at radius 1 is 1.15 bits per heavy atom. The topological polar surface area (TPSA) is 114 Å². The summed E-state index contributed by atoms with van der Waals surface area (Å²) in [5.74, 6) is -0.365. The number of nitrogens with zero attached hydrogens (tertiary/aromatic N) is 5. The van der Waals surface area contributed by atoms with Gasteiger partial charge in [0.15, 0.2) is 0 Å². The van der Waals surface area contributed by atoms with Gasteiger partial charge in [0.25, 0.3) is 5.56 Å². The first-order chi connectivity index (χ1) is 19.2. The fourth-order valence-corrected chi connectivity index (χ4v) is 5.52. The maximum atomic E-state index is 13.6. The van der Waals surface area contributed by atoms with Gasteiger partial charge in [-0.3, -0.25) is 9.20 Å². The minimum Gasteiger partial charge on any atom is -0.478 e. The molecule has 204 valence electrons. The molecule has 2 N–H and O–H groups in total. The van der Waals surface area contributed by atoms with Crippen molar-refractivity contribution in [2.24, 2.45) is 0 Å². The fourth-order valence-electron chi connectivity index (χ4n) is 5.52. The van der Waals surface area contributed by atoms with Crippen molar-refractivity contribution >= 4 is 28.8 Å². The third-order valence-corrected chi connectivity index (χ3v) is 7.55. The molecular formula is C31H32N6O3.